The van der Waals surface area contributed by atoms with Crippen molar-refractivity contribution in [3.8, 4) is 5.82 Å². The molecule has 0 aliphatic heterocycles. The number of hydrogen-bond acceptors (Lipinski definition) is 6. The summed E-state index contributed by atoms with van der Waals surface area (Å²) in [5.74, 6) is 0.402. The molecule has 0 spiro atoms. The number of amides is 1. The maximum absolute atomic E-state index is 11.4. The van der Waals surface area contributed by atoms with Gasteiger partial charge in [0.25, 0.3) is 5.91 Å². The third-order valence-electron chi connectivity index (χ3n) is 2.17. The molecule has 0 fully saturated rings. The van der Waals surface area contributed by atoms with Crippen molar-refractivity contribution in [1.82, 2.24) is 29.6 Å². The maximum atomic E-state index is 11.4. The first kappa shape index (κ1) is 12.4. The lowest BCUT2D eigenvalue weighted by atomic mass is 10.3. The molecule has 94 valence electrons. The fraction of sp³-hybridized carbons (Fsp3) is 0.222. The molecule has 1 amide bonds. The summed E-state index contributed by atoms with van der Waals surface area (Å²) in [5.41, 5.74) is 5.88. The molecule has 8 nitrogen and oxygen atoms in total. The summed E-state index contributed by atoms with van der Waals surface area (Å²) in [6.07, 6.45) is 2.60. The molecule has 0 aliphatic carbocycles. The quantitative estimate of drug-likeness (QED) is 0.755. The molecular formula is C9H10ClN7O. The van der Waals surface area contributed by atoms with Crippen molar-refractivity contribution in [3.63, 3.8) is 0 Å². The van der Waals surface area contributed by atoms with Crippen molar-refractivity contribution in [1.29, 1.82) is 0 Å². The van der Waals surface area contributed by atoms with Crippen LogP contribution in [0.1, 0.15) is 29.3 Å². The fourth-order valence-corrected chi connectivity index (χ4v) is 1.47. The van der Waals surface area contributed by atoms with Crippen LogP contribution in [0.4, 0.5) is 0 Å². The standard InChI is InChI=1S/C9H10ClN7O/c1-5(11)8-14-4-15-17(8)7-2-6(9(18)16-10)12-3-13-7/h2-5H,11H2,1H3,(H,16,18)/t5-/m0/s1. The highest BCUT2D eigenvalue weighted by molar-refractivity contribution is 6.23. The Hall–Kier alpha value is -2.06. The first-order valence-corrected chi connectivity index (χ1v) is 5.40. The smallest absolute Gasteiger partial charge is 0.284 e. The fourth-order valence-electron chi connectivity index (χ4n) is 1.37. The predicted octanol–water partition coefficient (Wildman–Crippen LogP) is -0.0394. The molecule has 2 aromatic heterocycles. The highest BCUT2D eigenvalue weighted by atomic mass is 35.5. The zero-order valence-electron chi connectivity index (χ0n) is 9.41. The van der Waals surface area contributed by atoms with Crippen molar-refractivity contribution in [3.05, 3.63) is 30.2 Å². The molecule has 2 heterocycles. The lowest BCUT2D eigenvalue weighted by Gasteiger charge is -2.07. The van der Waals surface area contributed by atoms with Gasteiger partial charge in [-0.15, -0.1) is 0 Å². The van der Waals surface area contributed by atoms with Gasteiger partial charge in [0.2, 0.25) is 0 Å². The second-order valence-corrected chi connectivity index (χ2v) is 3.69. The molecule has 9 heteroatoms. The van der Waals surface area contributed by atoms with Gasteiger partial charge < -0.3 is 5.73 Å². The number of halogens is 1. The molecule has 0 saturated heterocycles. The average Bonchev–Trinajstić information content (AvgIpc) is 2.87. The second-order valence-electron chi connectivity index (χ2n) is 3.50. The number of nitrogens with one attached hydrogen (secondary N) is 1. The van der Waals surface area contributed by atoms with E-state index in [4.69, 9.17) is 17.5 Å². The van der Waals surface area contributed by atoms with Crippen molar-refractivity contribution in [2.75, 3.05) is 0 Å². The Morgan fingerprint density at radius 2 is 2.22 bits per heavy atom. The minimum atomic E-state index is -0.525. The summed E-state index contributed by atoms with van der Waals surface area (Å²) < 4.78 is 1.44. The Morgan fingerprint density at radius 1 is 1.44 bits per heavy atom. The molecule has 1 atom stereocenters. The lowest BCUT2D eigenvalue weighted by Crippen LogP contribution is -2.17. The van der Waals surface area contributed by atoms with Gasteiger partial charge in [0.1, 0.15) is 18.3 Å². The maximum Gasteiger partial charge on any atom is 0.284 e. The summed E-state index contributed by atoms with van der Waals surface area (Å²) in [5, 5.41) is 4.00. The van der Waals surface area contributed by atoms with Crippen molar-refractivity contribution >= 4 is 17.7 Å². The normalized spacial score (nSPS) is 12.2. The number of carbonyl (C=O) groups is 1. The van der Waals surface area contributed by atoms with Gasteiger partial charge in [0.05, 0.1) is 6.04 Å². The van der Waals surface area contributed by atoms with Crippen LogP contribution in [0.5, 0.6) is 0 Å². The van der Waals surface area contributed by atoms with Crippen LogP contribution < -0.4 is 10.6 Å². The Labute approximate surface area is 107 Å². The van der Waals surface area contributed by atoms with E-state index < -0.39 is 5.91 Å². The van der Waals surface area contributed by atoms with Crippen LogP contribution in [0.25, 0.3) is 5.82 Å². The number of carbonyl (C=O) groups excluding carboxylic acids is 1. The number of rotatable bonds is 3. The zero-order valence-corrected chi connectivity index (χ0v) is 10.2. The Balaban J connectivity index is 2.45. The van der Waals surface area contributed by atoms with E-state index in [9.17, 15) is 4.79 Å². The van der Waals surface area contributed by atoms with Crippen LogP contribution in [-0.4, -0.2) is 30.6 Å². The van der Waals surface area contributed by atoms with E-state index in [1.54, 1.807) is 6.92 Å². The van der Waals surface area contributed by atoms with Gasteiger partial charge >= 0.3 is 0 Å². The van der Waals surface area contributed by atoms with E-state index in [0.29, 0.717) is 11.6 Å². The lowest BCUT2D eigenvalue weighted by molar-refractivity contribution is 0.0977. The number of hydrogen-bond donors (Lipinski definition) is 2. The van der Waals surface area contributed by atoms with Crippen LogP contribution in [0.15, 0.2) is 18.7 Å². The van der Waals surface area contributed by atoms with Gasteiger partial charge in [-0.1, -0.05) is 0 Å². The van der Waals surface area contributed by atoms with Crippen molar-refractivity contribution in [2.45, 2.75) is 13.0 Å². The summed E-state index contributed by atoms with van der Waals surface area (Å²) in [4.78, 5) is 25.1. The highest BCUT2D eigenvalue weighted by Gasteiger charge is 2.14. The Morgan fingerprint density at radius 3 is 2.89 bits per heavy atom. The van der Waals surface area contributed by atoms with Crippen molar-refractivity contribution < 1.29 is 4.79 Å². The van der Waals surface area contributed by atoms with E-state index >= 15 is 0 Å². The van der Waals surface area contributed by atoms with Crippen LogP contribution in [-0.2, 0) is 0 Å². The minimum Gasteiger partial charge on any atom is -0.322 e. The largest absolute Gasteiger partial charge is 0.322 e. The summed E-state index contributed by atoms with van der Waals surface area (Å²) in [6, 6.07) is 1.13. The van der Waals surface area contributed by atoms with Crippen LogP contribution in [0, 0.1) is 0 Å². The monoisotopic (exact) mass is 267 g/mol. The van der Waals surface area contributed by atoms with Crippen LogP contribution >= 0.6 is 11.8 Å². The number of nitrogens with two attached hydrogens (primary N) is 1. The Kier molecular flexibility index (Phi) is 3.49. The van der Waals surface area contributed by atoms with Gasteiger partial charge in [0, 0.05) is 17.8 Å². The molecule has 0 aliphatic rings. The molecule has 0 bridgehead atoms. The molecule has 0 radical (unpaired) electrons. The van der Waals surface area contributed by atoms with Gasteiger partial charge in [-0.3, -0.25) is 9.63 Å². The SMILES string of the molecule is C[C@H](N)c1ncnn1-c1cc(C(=O)NCl)ncn1. The zero-order chi connectivity index (χ0) is 13.1. The first-order valence-electron chi connectivity index (χ1n) is 5.02. The topological polar surface area (TPSA) is 112 Å². The molecule has 2 rings (SSSR count). The molecule has 0 aromatic carbocycles. The average molecular weight is 268 g/mol. The molecular weight excluding hydrogens is 258 g/mol. The second kappa shape index (κ2) is 5.07. The summed E-state index contributed by atoms with van der Waals surface area (Å²) in [7, 11) is 0. The third kappa shape index (κ3) is 2.29. The van der Waals surface area contributed by atoms with Crippen LogP contribution in [0.3, 0.4) is 0 Å². The number of aromatic nitrogens is 5. The van der Waals surface area contributed by atoms with E-state index in [1.807, 2.05) is 4.84 Å². The molecule has 0 unspecified atom stereocenters. The highest BCUT2D eigenvalue weighted by Crippen LogP contribution is 2.11. The van der Waals surface area contributed by atoms with E-state index in [0.717, 1.165) is 0 Å². The molecule has 18 heavy (non-hydrogen) atoms. The predicted molar refractivity (Wildman–Crippen MR) is 62.9 cm³/mol. The molecule has 3 N–H and O–H groups in total. The minimum absolute atomic E-state index is 0.126. The van der Waals surface area contributed by atoms with E-state index in [2.05, 4.69) is 20.1 Å². The Bertz CT molecular complexity index is 568. The van der Waals surface area contributed by atoms with Gasteiger partial charge in [0.15, 0.2) is 11.6 Å². The van der Waals surface area contributed by atoms with E-state index in [-0.39, 0.29) is 11.7 Å². The van der Waals surface area contributed by atoms with Crippen LogP contribution in [0.2, 0.25) is 0 Å². The summed E-state index contributed by atoms with van der Waals surface area (Å²) >= 11 is 5.23. The number of nitrogens with zero attached hydrogens (tertiary/aromatic N) is 5. The van der Waals surface area contributed by atoms with E-state index in [1.165, 1.54) is 23.4 Å². The summed E-state index contributed by atoms with van der Waals surface area (Å²) in [6.45, 7) is 1.77. The molecule has 2 aromatic rings. The molecule has 0 saturated carbocycles. The van der Waals surface area contributed by atoms with Gasteiger partial charge in [-0.05, 0) is 6.92 Å². The van der Waals surface area contributed by atoms with Crippen molar-refractivity contribution in [2.24, 2.45) is 5.73 Å². The third-order valence-corrected chi connectivity index (χ3v) is 2.34. The van der Waals surface area contributed by atoms with Gasteiger partial charge in [-0.25, -0.2) is 15.0 Å². The van der Waals surface area contributed by atoms with Gasteiger partial charge in [-0.2, -0.15) is 9.78 Å². The first-order chi connectivity index (χ1) is 8.63.